The third kappa shape index (κ3) is 2.42. The minimum Gasteiger partial charge on any atom is -0.480 e. The molecule has 1 aliphatic carbocycles. The lowest BCUT2D eigenvalue weighted by molar-refractivity contribution is -0.143. The number of carboxylic acid groups (broad SMARTS) is 1. The van der Waals surface area contributed by atoms with Gasteiger partial charge in [-0.2, -0.15) is 0 Å². The van der Waals surface area contributed by atoms with Crippen LogP contribution in [0.25, 0.3) is 0 Å². The van der Waals surface area contributed by atoms with Crippen molar-refractivity contribution in [1.82, 2.24) is 14.5 Å². The zero-order chi connectivity index (χ0) is 14.2. The third-order valence-corrected chi connectivity index (χ3v) is 3.11. The van der Waals surface area contributed by atoms with Gasteiger partial charge in [-0.05, 0) is 12.8 Å². The number of hydrogen-bond donors (Lipinski definition) is 2. The number of aromatic nitrogens is 2. The number of nitrogens with one attached hydrogen (secondary N) is 1. The van der Waals surface area contributed by atoms with Gasteiger partial charge < -0.3 is 10.4 Å². The molecule has 1 saturated carbocycles. The normalized spacial score (nSPS) is 15.8. The number of carboxylic acids is 1. The standard InChI is InChI=1S/C11H13N3O5/c1-13-8(16)2-5-14(10(13)19)6-7(15)12-11(3-4-11)9(17)18/h2,5H,3-4,6H2,1H3,(H,12,15)(H,17,18). The SMILES string of the molecule is Cn1c(=O)ccn(CC(=O)NC2(C(=O)O)CC2)c1=O. The van der Waals surface area contributed by atoms with Crippen molar-refractivity contribution in [1.29, 1.82) is 0 Å². The number of nitrogens with zero attached hydrogens (tertiary/aromatic N) is 2. The number of hydrogen-bond acceptors (Lipinski definition) is 4. The zero-order valence-electron chi connectivity index (χ0n) is 10.3. The molecule has 1 aromatic rings. The van der Waals surface area contributed by atoms with Crippen LogP contribution in [0.2, 0.25) is 0 Å². The molecular weight excluding hydrogens is 254 g/mol. The fourth-order valence-corrected chi connectivity index (χ4v) is 1.72. The Hall–Kier alpha value is -2.38. The van der Waals surface area contributed by atoms with E-state index in [0.29, 0.717) is 12.8 Å². The van der Waals surface area contributed by atoms with E-state index in [0.717, 1.165) is 9.13 Å². The van der Waals surface area contributed by atoms with Crippen LogP contribution in [0.4, 0.5) is 0 Å². The van der Waals surface area contributed by atoms with Crippen molar-refractivity contribution in [2.45, 2.75) is 24.9 Å². The summed E-state index contributed by atoms with van der Waals surface area (Å²) < 4.78 is 1.92. The summed E-state index contributed by atoms with van der Waals surface area (Å²) in [5.74, 6) is -1.64. The van der Waals surface area contributed by atoms with Gasteiger partial charge in [0, 0.05) is 19.3 Å². The summed E-state index contributed by atoms with van der Waals surface area (Å²) in [7, 11) is 1.30. The Kier molecular flexibility index (Phi) is 3.01. The van der Waals surface area contributed by atoms with Gasteiger partial charge in [-0.25, -0.2) is 9.59 Å². The highest BCUT2D eigenvalue weighted by atomic mass is 16.4. The lowest BCUT2D eigenvalue weighted by atomic mass is 10.3. The van der Waals surface area contributed by atoms with Gasteiger partial charge in [-0.1, -0.05) is 0 Å². The maximum Gasteiger partial charge on any atom is 0.331 e. The van der Waals surface area contributed by atoms with E-state index in [9.17, 15) is 19.2 Å². The van der Waals surface area contributed by atoms with Gasteiger partial charge in [-0.15, -0.1) is 0 Å². The van der Waals surface area contributed by atoms with Gasteiger partial charge in [0.1, 0.15) is 12.1 Å². The van der Waals surface area contributed by atoms with E-state index >= 15 is 0 Å². The zero-order valence-corrected chi connectivity index (χ0v) is 10.3. The molecule has 1 aliphatic rings. The number of amides is 1. The van der Waals surface area contributed by atoms with Crippen molar-refractivity contribution in [3.63, 3.8) is 0 Å². The molecule has 1 aromatic heterocycles. The van der Waals surface area contributed by atoms with Gasteiger partial charge in [0.25, 0.3) is 5.56 Å². The van der Waals surface area contributed by atoms with Gasteiger partial charge >= 0.3 is 11.7 Å². The molecule has 1 heterocycles. The molecule has 0 aliphatic heterocycles. The third-order valence-electron chi connectivity index (χ3n) is 3.11. The molecule has 19 heavy (non-hydrogen) atoms. The van der Waals surface area contributed by atoms with Crippen LogP contribution in [0.15, 0.2) is 21.9 Å². The molecule has 102 valence electrons. The molecule has 8 heteroatoms. The molecule has 0 spiro atoms. The molecule has 2 rings (SSSR count). The second-order valence-corrected chi connectivity index (χ2v) is 4.56. The maximum atomic E-state index is 11.7. The Balaban J connectivity index is 2.12. The van der Waals surface area contributed by atoms with Crippen LogP contribution in [-0.4, -0.2) is 31.7 Å². The van der Waals surface area contributed by atoms with Gasteiger partial charge in [0.15, 0.2) is 0 Å². The van der Waals surface area contributed by atoms with Crippen molar-refractivity contribution in [3.8, 4) is 0 Å². The fourth-order valence-electron chi connectivity index (χ4n) is 1.72. The van der Waals surface area contributed by atoms with E-state index in [1.807, 2.05) is 0 Å². The monoisotopic (exact) mass is 267 g/mol. The van der Waals surface area contributed by atoms with Crippen LogP contribution in [-0.2, 0) is 23.2 Å². The summed E-state index contributed by atoms with van der Waals surface area (Å²) in [5, 5.41) is 11.3. The molecule has 0 saturated heterocycles. The Labute approximate surface area is 107 Å². The van der Waals surface area contributed by atoms with E-state index in [1.165, 1.54) is 19.3 Å². The topological polar surface area (TPSA) is 110 Å². The van der Waals surface area contributed by atoms with Gasteiger partial charge in [-0.3, -0.25) is 18.7 Å². The number of aliphatic carboxylic acids is 1. The first-order chi connectivity index (χ1) is 8.85. The molecule has 1 amide bonds. The van der Waals surface area contributed by atoms with Crippen molar-refractivity contribution in [3.05, 3.63) is 33.1 Å². The minimum atomic E-state index is -1.18. The van der Waals surface area contributed by atoms with Crippen molar-refractivity contribution < 1.29 is 14.7 Å². The summed E-state index contributed by atoms with van der Waals surface area (Å²) in [4.78, 5) is 45.5. The second kappa shape index (κ2) is 4.38. The maximum absolute atomic E-state index is 11.7. The Morgan fingerprint density at radius 1 is 1.42 bits per heavy atom. The summed E-state index contributed by atoms with van der Waals surface area (Å²) >= 11 is 0. The molecular formula is C11H13N3O5. The van der Waals surface area contributed by atoms with Gasteiger partial charge in [0.05, 0.1) is 0 Å². The Bertz CT molecular complexity index is 653. The molecule has 0 bridgehead atoms. The van der Waals surface area contributed by atoms with E-state index < -0.39 is 28.7 Å². The summed E-state index contributed by atoms with van der Waals surface area (Å²) in [6.45, 7) is -0.317. The van der Waals surface area contributed by atoms with E-state index in [4.69, 9.17) is 5.11 Å². The highest BCUT2D eigenvalue weighted by Crippen LogP contribution is 2.35. The summed E-state index contributed by atoms with van der Waals surface area (Å²) in [6.07, 6.45) is 1.98. The predicted molar refractivity (Wildman–Crippen MR) is 63.7 cm³/mol. The first-order valence-corrected chi connectivity index (χ1v) is 5.67. The Morgan fingerprint density at radius 2 is 2.05 bits per heavy atom. The lowest BCUT2D eigenvalue weighted by Crippen LogP contribution is -2.46. The van der Waals surface area contributed by atoms with Crippen molar-refractivity contribution >= 4 is 11.9 Å². The summed E-state index contributed by atoms with van der Waals surface area (Å²) in [5.41, 5.74) is -2.27. The number of rotatable bonds is 4. The number of carbonyl (C=O) groups excluding carboxylic acids is 1. The molecule has 0 radical (unpaired) electrons. The van der Waals surface area contributed by atoms with E-state index in [1.54, 1.807) is 0 Å². The molecule has 8 nitrogen and oxygen atoms in total. The minimum absolute atomic E-state index is 0.317. The molecule has 0 aromatic carbocycles. The first kappa shape index (κ1) is 13.1. The van der Waals surface area contributed by atoms with E-state index in [2.05, 4.69) is 5.32 Å². The highest BCUT2D eigenvalue weighted by molar-refractivity contribution is 5.89. The predicted octanol–water partition coefficient (Wildman–Crippen LogP) is -1.72. The van der Waals surface area contributed by atoms with Crippen LogP contribution < -0.4 is 16.6 Å². The van der Waals surface area contributed by atoms with Crippen LogP contribution >= 0.6 is 0 Å². The average Bonchev–Trinajstić information content (AvgIpc) is 3.11. The van der Waals surface area contributed by atoms with Crippen LogP contribution in [0.3, 0.4) is 0 Å². The van der Waals surface area contributed by atoms with Crippen LogP contribution in [0.1, 0.15) is 12.8 Å². The van der Waals surface area contributed by atoms with E-state index in [-0.39, 0.29) is 6.54 Å². The van der Waals surface area contributed by atoms with Crippen molar-refractivity contribution in [2.75, 3.05) is 0 Å². The largest absolute Gasteiger partial charge is 0.480 e. The first-order valence-electron chi connectivity index (χ1n) is 5.67. The molecule has 2 N–H and O–H groups in total. The van der Waals surface area contributed by atoms with Crippen LogP contribution in [0, 0.1) is 0 Å². The van der Waals surface area contributed by atoms with Gasteiger partial charge in [0.2, 0.25) is 5.91 Å². The molecule has 0 unspecified atom stereocenters. The highest BCUT2D eigenvalue weighted by Gasteiger charge is 2.51. The Morgan fingerprint density at radius 3 is 2.58 bits per heavy atom. The van der Waals surface area contributed by atoms with Crippen LogP contribution in [0.5, 0.6) is 0 Å². The van der Waals surface area contributed by atoms with Crippen molar-refractivity contribution in [2.24, 2.45) is 7.05 Å². The lowest BCUT2D eigenvalue weighted by Gasteiger charge is -2.13. The fraction of sp³-hybridized carbons (Fsp3) is 0.455. The summed E-state index contributed by atoms with van der Waals surface area (Å²) in [6, 6.07) is 1.17. The average molecular weight is 267 g/mol. The molecule has 1 fully saturated rings. The molecule has 0 atom stereocenters. The number of carbonyl (C=O) groups is 2. The quantitative estimate of drug-likeness (QED) is 0.674. The smallest absolute Gasteiger partial charge is 0.331 e. The second-order valence-electron chi connectivity index (χ2n) is 4.56.